The summed E-state index contributed by atoms with van der Waals surface area (Å²) in [6, 6.07) is -1.20. The standard InChI is InChI=1S/C27H42N2O5S/c1-7-10-11-12-16-34-25(33)20-19-13-14-27(35-19)21(20)23(31)29(18(9-3)17-30)22(27)24(32)28(15-8-2)26(4,5)6/h7-8,18-22,30H,1-2,9-17H2,3-6H3/t18-,19+,20-,21-,22?,27?/m0/s1. The summed E-state index contributed by atoms with van der Waals surface area (Å²) in [4.78, 5) is 44.9. The number of likely N-dealkylation sites (tertiary alicyclic amines) is 1. The highest BCUT2D eigenvalue weighted by atomic mass is 32.2. The summed E-state index contributed by atoms with van der Waals surface area (Å²) in [6.45, 7) is 15.8. The summed E-state index contributed by atoms with van der Waals surface area (Å²) < 4.78 is 4.97. The highest BCUT2D eigenvalue weighted by molar-refractivity contribution is 8.02. The zero-order chi connectivity index (χ0) is 26.0. The van der Waals surface area contributed by atoms with Crippen LogP contribution in [0.5, 0.6) is 0 Å². The molecule has 0 radical (unpaired) electrons. The minimum Gasteiger partial charge on any atom is -0.465 e. The Balaban J connectivity index is 1.96. The number of allylic oxidation sites excluding steroid dienone is 1. The van der Waals surface area contributed by atoms with Gasteiger partial charge in [0.1, 0.15) is 6.04 Å². The van der Waals surface area contributed by atoms with E-state index in [0.717, 1.165) is 25.7 Å². The van der Waals surface area contributed by atoms with Crippen LogP contribution in [-0.4, -0.2) is 80.1 Å². The van der Waals surface area contributed by atoms with E-state index < -0.39 is 34.2 Å². The molecule has 7 nitrogen and oxygen atoms in total. The number of unbranched alkanes of at least 4 members (excludes halogenated alkanes) is 2. The first kappa shape index (κ1) is 27.8. The highest BCUT2D eigenvalue weighted by Crippen LogP contribution is 2.67. The molecule has 3 saturated heterocycles. The number of hydrogen-bond donors (Lipinski definition) is 1. The molecule has 3 aliphatic heterocycles. The molecule has 196 valence electrons. The van der Waals surface area contributed by atoms with Gasteiger partial charge < -0.3 is 19.6 Å². The molecule has 3 rings (SSSR count). The van der Waals surface area contributed by atoms with E-state index in [2.05, 4.69) is 13.2 Å². The maximum atomic E-state index is 14.2. The van der Waals surface area contributed by atoms with Crippen molar-refractivity contribution in [2.24, 2.45) is 11.8 Å². The number of fused-ring (bicyclic) bond motifs is 1. The summed E-state index contributed by atoms with van der Waals surface area (Å²) in [7, 11) is 0. The Morgan fingerprint density at radius 3 is 2.60 bits per heavy atom. The Bertz CT molecular complexity index is 836. The summed E-state index contributed by atoms with van der Waals surface area (Å²) >= 11 is 1.63. The molecule has 3 aliphatic rings. The smallest absolute Gasteiger partial charge is 0.310 e. The van der Waals surface area contributed by atoms with Crippen LogP contribution in [0, 0.1) is 11.8 Å². The van der Waals surface area contributed by atoms with Gasteiger partial charge in [-0.1, -0.05) is 19.1 Å². The van der Waals surface area contributed by atoms with Crippen molar-refractivity contribution in [1.82, 2.24) is 9.80 Å². The number of thioether (sulfide) groups is 1. The van der Waals surface area contributed by atoms with Crippen LogP contribution in [0.2, 0.25) is 0 Å². The lowest BCUT2D eigenvalue weighted by molar-refractivity contribution is -0.154. The second-order valence-electron chi connectivity index (χ2n) is 10.9. The molecule has 0 aromatic heterocycles. The van der Waals surface area contributed by atoms with E-state index in [1.807, 2.05) is 33.8 Å². The van der Waals surface area contributed by atoms with Crippen LogP contribution < -0.4 is 0 Å². The lowest BCUT2D eigenvalue weighted by Crippen LogP contribution is -2.60. The van der Waals surface area contributed by atoms with E-state index in [0.29, 0.717) is 26.0 Å². The molecule has 0 aliphatic carbocycles. The van der Waals surface area contributed by atoms with Gasteiger partial charge in [0.2, 0.25) is 11.8 Å². The number of carbonyl (C=O) groups is 3. The van der Waals surface area contributed by atoms with Gasteiger partial charge in [-0.15, -0.1) is 24.9 Å². The predicted molar refractivity (Wildman–Crippen MR) is 139 cm³/mol. The molecule has 1 spiro atoms. The molecular formula is C27H42N2O5S. The van der Waals surface area contributed by atoms with Crippen molar-refractivity contribution >= 4 is 29.5 Å². The van der Waals surface area contributed by atoms with Crippen LogP contribution >= 0.6 is 11.8 Å². The van der Waals surface area contributed by atoms with Gasteiger partial charge in [0.25, 0.3) is 0 Å². The number of amides is 2. The average molecular weight is 507 g/mol. The molecule has 1 N–H and O–H groups in total. The number of carbonyl (C=O) groups excluding carboxylic acids is 3. The van der Waals surface area contributed by atoms with Gasteiger partial charge in [0.15, 0.2) is 0 Å². The van der Waals surface area contributed by atoms with Crippen molar-refractivity contribution in [3.63, 3.8) is 0 Å². The Hall–Kier alpha value is -1.80. The maximum absolute atomic E-state index is 14.2. The SMILES string of the molecule is C=CCCCCOC(=O)[C@@H]1[C@H]2C(=O)N([C@@H](CC)CO)C(C(=O)N(CC=C)C(C)(C)C)C23CC[C@H]1S3. The minimum atomic E-state index is -0.725. The van der Waals surface area contributed by atoms with E-state index in [4.69, 9.17) is 4.74 Å². The molecule has 0 aromatic carbocycles. The molecule has 8 heteroatoms. The molecule has 0 saturated carbocycles. The number of nitrogens with zero attached hydrogens (tertiary/aromatic N) is 2. The Kier molecular flexibility index (Phi) is 8.79. The Labute approximate surface area is 214 Å². The van der Waals surface area contributed by atoms with E-state index in [1.54, 1.807) is 27.6 Å². The van der Waals surface area contributed by atoms with E-state index in [9.17, 15) is 19.5 Å². The molecule has 35 heavy (non-hydrogen) atoms. The van der Waals surface area contributed by atoms with Gasteiger partial charge >= 0.3 is 5.97 Å². The lowest BCUT2D eigenvalue weighted by atomic mass is 9.71. The second kappa shape index (κ2) is 11.1. The van der Waals surface area contributed by atoms with Crippen molar-refractivity contribution in [3.8, 4) is 0 Å². The van der Waals surface area contributed by atoms with Crippen LogP contribution in [0.3, 0.4) is 0 Å². The molecule has 2 unspecified atom stereocenters. The normalized spacial score (nSPS) is 30.2. The first-order valence-electron chi connectivity index (χ1n) is 12.9. The van der Waals surface area contributed by atoms with Gasteiger partial charge in [-0.3, -0.25) is 14.4 Å². The molecule has 6 atom stereocenters. The van der Waals surface area contributed by atoms with Gasteiger partial charge in [-0.25, -0.2) is 0 Å². The topological polar surface area (TPSA) is 87.1 Å². The van der Waals surface area contributed by atoms with Crippen LogP contribution in [0.4, 0.5) is 0 Å². The van der Waals surface area contributed by atoms with Crippen LogP contribution in [-0.2, 0) is 19.1 Å². The quantitative estimate of drug-likeness (QED) is 0.247. The number of rotatable bonds is 12. The maximum Gasteiger partial charge on any atom is 0.310 e. The van der Waals surface area contributed by atoms with E-state index in [-0.39, 0.29) is 29.6 Å². The first-order chi connectivity index (χ1) is 16.6. The number of aliphatic hydroxyl groups is 1. The highest BCUT2D eigenvalue weighted by Gasteiger charge is 2.74. The van der Waals surface area contributed by atoms with Crippen LogP contribution in [0.15, 0.2) is 25.3 Å². The summed E-state index contributed by atoms with van der Waals surface area (Å²) in [5, 5.41) is 10.1. The zero-order valence-corrected chi connectivity index (χ0v) is 22.5. The fraction of sp³-hybridized carbons (Fsp3) is 0.741. The van der Waals surface area contributed by atoms with Gasteiger partial charge in [-0.05, 0) is 59.3 Å². The fourth-order valence-corrected chi connectivity index (χ4v) is 8.26. The second-order valence-corrected chi connectivity index (χ2v) is 12.5. The third-order valence-corrected chi connectivity index (χ3v) is 9.71. The van der Waals surface area contributed by atoms with Crippen molar-refractivity contribution in [2.45, 2.75) is 93.8 Å². The summed E-state index contributed by atoms with van der Waals surface area (Å²) in [6.07, 6.45) is 8.07. The Morgan fingerprint density at radius 2 is 2.03 bits per heavy atom. The average Bonchev–Trinajstić information content (AvgIpc) is 3.45. The third kappa shape index (κ3) is 4.93. The van der Waals surface area contributed by atoms with Crippen LogP contribution in [0.1, 0.15) is 66.2 Å². The van der Waals surface area contributed by atoms with Crippen molar-refractivity contribution in [3.05, 3.63) is 25.3 Å². The van der Waals surface area contributed by atoms with E-state index >= 15 is 0 Å². The number of ether oxygens (including phenoxy) is 1. The number of hydrogen-bond acceptors (Lipinski definition) is 6. The molecule has 3 fully saturated rings. The molecule has 3 heterocycles. The number of esters is 1. The molecule has 0 aromatic rings. The Morgan fingerprint density at radius 1 is 1.31 bits per heavy atom. The predicted octanol–water partition coefficient (Wildman–Crippen LogP) is 3.56. The van der Waals surface area contributed by atoms with E-state index in [1.165, 1.54) is 0 Å². The van der Waals surface area contributed by atoms with Crippen molar-refractivity contribution in [1.29, 1.82) is 0 Å². The van der Waals surface area contributed by atoms with Gasteiger partial charge in [0, 0.05) is 17.3 Å². The van der Waals surface area contributed by atoms with Crippen molar-refractivity contribution in [2.75, 3.05) is 19.8 Å². The minimum absolute atomic E-state index is 0.0289. The summed E-state index contributed by atoms with van der Waals surface area (Å²) in [5.74, 6) is -1.82. The number of aliphatic hydroxyl groups excluding tert-OH is 1. The van der Waals surface area contributed by atoms with Gasteiger partial charge in [0.05, 0.1) is 35.8 Å². The lowest BCUT2D eigenvalue weighted by Gasteiger charge is -2.43. The largest absolute Gasteiger partial charge is 0.465 e. The first-order valence-corrected chi connectivity index (χ1v) is 13.8. The third-order valence-electron chi connectivity index (χ3n) is 7.75. The fourth-order valence-electron chi connectivity index (χ4n) is 6.08. The van der Waals surface area contributed by atoms with Crippen LogP contribution in [0.25, 0.3) is 0 Å². The summed E-state index contributed by atoms with van der Waals surface area (Å²) in [5.41, 5.74) is -0.472. The van der Waals surface area contributed by atoms with Gasteiger partial charge in [-0.2, -0.15) is 0 Å². The molecule has 2 bridgehead atoms. The molecule has 2 amide bonds. The molecular weight excluding hydrogens is 464 g/mol. The zero-order valence-electron chi connectivity index (χ0n) is 21.7. The monoisotopic (exact) mass is 506 g/mol. The van der Waals surface area contributed by atoms with Crippen molar-refractivity contribution < 1.29 is 24.2 Å².